The van der Waals surface area contributed by atoms with Crippen molar-refractivity contribution in [3.63, 3.8) is 0 Å². The highest BCUT2D eigenvalue weighted by molar-refractivity contribution is 9.10. The normalized spacial score (nSPS) is 13.4. The maximum absolute atomic E-state index is 3.47. The molecular weight excluding hydrogens is 276 g/mol. The molecule has 0 aliphatic rings. The van der Waals surface area contributed by atoms with Crippen molar-refractivity contribution in [3.05, 3.63) is 34.3 Å². The van der Waals surface area contributed by atoms with E-state index in [1.807, 2.05) is 0 Å². The Morgan fingerprint density at radius 3 is 2.29 bits per heavy atom. The molecule has 0 spiro atoms. The van der Waals surface area contributed by atoms with Crippen molar-refractivity contribution in [2.75, 3.05) is 13.6 Å². The molecule has 3 heteroatoms. The first kappa shape index (κ1) is 14.7. The van der Waals surface area contributed by atoms with Crippen molar-refractivity contribution in [1.82, 2.24) is 10.2 Å². The molecule has 0 fully saturated rings. The van der Waals surface area contributed by atoms with Crippen molar-refractivity contribution < 1.29 is 0 Å². The van der Waals surface area contributed by atoms with E-state index in [0.717, 1.165) is 17.6 Å². The number of nitrogens with one attached hydrogen (secondary N) is 1. The Morgan fingerprint density at radius 1 is 1.18 bits per heavy atom. The Hall–Kier alpha value is -0.380. The largest absolute Gasteiger partial charge is 0.313 e. The van der Waals surface area contributed by atoms with Crippen LogP contribution in [-0.4, -0.2) is 30.6 Å². The highest BCUT2D eigenvalue weighted by Gasteiger charge is 2.09. The number of benzene rings is 1. The zero-order valence-corrected chi connectivity index (χ0v) is 12.8. The Kier molecular flexibility index (Phi) is 6.17. The molecule has 96 valence electrons. The summed E-state index contributed by atoms with van der Waals surface area (Å²) in [5, 5.41) is 3.47. The van der Waals surface area contributed by atoms with E-state index in [0.29, 0.717) is 12.1 Å². The molecule has 0 aliphatic heterocycles. The zero-order chi connectivity index (χ0) is 12.8. The highest BCUT2D eigenvalue weighted by Crippen LogP contribution is 2.12. The Labute approximate surface area is 114 Å². The molecule has 0 radical (unpaired) electrons. The van der Waals surface area contributed by atoms with Crippen LogP contribution in [-0.2, 0) is 6.54 Å². The van der Waals surface area contributed by atoms with Gasteiger partial charge in [-0.1, -0.05) is 41.9 Å². The van der Waals surface area contributed by atoms with E-state index >= 15 is 0 Å². The van der Waals surface area contributed by atoms with Crippen LogP contribution in [0.25, 0.3) is 0 Å². The van der Waals surface area contributed by atoms with Crippen molar-refractivity contribution in [1.29, 1.82) is 0 Å². The molecule has 1 aromatic rings. The second-order valence-electron chi connectivity index (χ2n) is 4.95. The van der Waals surface area contributed by atoms with Crippen LogP contribution in [0.2, 0.25) is 0 Å². The van der Waals surface area contributed by atoms with Crippen LogP contribution in [0.15, 0.2) is 28.7 Å². The van der Waals surface area contributed by atoms with E-state index in [4.69, 9.17) is 0 Å². The third kappa shape index (κ3) is 5.66. The van der Waals surface area contributed by atoms with E-state index in [1.165, 1.54) is 5.56 Å². The van der Waals surface area contributed by atoms with Gasteiger partial charge in [0, 0.05) is 29.6 Å². The predicted molar refractivity (Wildman–Crippen MR) is 78.2 cm³/mol. The number of halogens is 1. The van der Waals surface area contributed by atoms with Gasteiger partial charge in [0.15, 0.2) is 0 Å². The van der Waals surface area contributed by atoms with Crippen LogP contribution in [0.3, 0.4) is 0 Å². The molecule has 1 atom stereocenters. The number of rotatable bonds is 6. The lowest BCUT2D eigenvalue weighted by molar-refractivity contribution is 0.239. The predicted octanol–water partition coefficient (Wildman–Crippen LogP) is 3.27. The minimum Gasteiger partial charge on any atom is -0.313 e. The summed E-state index contributed by atoms with van der Waals surface area (Å²) in [5.74, 6) is 0. The van der Waals surface area contributed by atoms with Crippen LogP contribution < -0.4 is 5.32 Å². The summed E-state index contributed by atoms with van der Waals surface area (Å²) in [6.45, 7) is 8.65. The summed E-state index contributed by atoms with van der Waals surface area (Å²) < 4.78 is 1.14. The molecule has 17 heavy (non-hydrogen) atoms. The van der Waals surface area contributed by atoms with Crippen LogP contribution in [0, 0.1) is 0 Å². The molecule has 0 saturated carbocycles. The standard InChI is InChI=1S/C14H23BrN2/c1-11(2)16-9-12(3)17(4)10-13-5-7-14(15)8-6-13/h5-8,11-12,16H,9-10H2,1-4H3. The molecule has 2 nitrogen and oxygen atoms in total. The van der Waals surface area contributed by atoms with Crippen LogP contribution in [0.5, 0.6) is 0 Å². The van der Waals surface area contributed by atoms with Crippen molar-refractivity contribution >= 4 is 15.9 Å². The summed E-state index contributed by atoms with van der Waals surface area (Å²) in [7, 11) is 2.18. The fourth-order valence-electron chi connectivity index (χ4n) is 1.60. The summed E-state index contributed by atoms with van der Waals surface area (Å²) in [4.78, 5) is 2.37. The van der Waals surface area contributed by atoms with E-state index in [1.54, 1.807) is 0 Å². The van der Waals surface area contributed by atoms with E-state index in [2.05, 4.69) is 78.2 Å². The SMILES string of the molecule is CC(C)NCC(C)N(C)Cc1ccc(Br)cc1. The van der Waals surface area contributed by atoms with Gasteiger partial charge in [-0.2, -0.15) is 0 Å². The summed E-state index contributed by atoms with van der Waals surface area (Å²) >= 11 is 3.46. The highest BCUT2D eigenvalue weighted by atomic mass is 79.9. The van der Waals surface area contributed by atoms with Gasteiger partial charge in [0.1, 0.15) is 0 Å². The third-order valence-electron chi connectivity index (χ3n) is 2.92. The number of hydrogen-bond donors (Lipinski definition) is 1. The minimum absolute atomic E-state index is 0.543. The average molecular weight is 299 g/mol. The van der Waals surface area contributed by atoms with E-state index < -0.39 is 0 Å². The molecule has 0 amide bonds. The Balaban J connectivity index is 2.42. The van der Waals surface area contributed by atoms with E-state index in [-0.39, 0.29) is 0 Å². The third-order valence-corrected chi connectivity index (χ3v) is 3.45. The number of nitrogens with zero attached hydrogens (tertiary/aromatic N) is 1. The van der Waals surface area contributed by atoms with Gasteiger partial charge in [-0.3, -0.25) is 4.90 Å². The second-order valence-corrected chi connectivity index (χ2v) is 5.87. The molecule has 1 aromatic carbocycles. The van der Waals surface area contributed by atoms with Gasteiger partial charge in [0.2, 0.25) is 0 Å². The van der Waals surface area contributed by atoms with Gasteiger partial charge in [0.25, 0.3) is 0 Å². The maximum Gasteiger partial charge on any atom is 0.0234 e. The lowest BCUT2D eigenvalue weighted by atomic mass is 10.2. The first-order chi connectivity index (χ1) is 7.99. The van der Waals surface area contributed by atoms with E-state index in [9.17, 15) is 0 Å². The monoisotopic (exact) mass is 298 g/mol. The van der Waals surface area contributed by atoms with Crippen molar-refractivity contribution in [3.8, 4) is 0 Å². The average Bonchev–Trinajstić information content (AvgIpc) is 2.28. The minimum atomic E-state index is 0.543. The fraction of sp³-hybridized carbons (Fsp3) is 0.571. The zero-order valence-electron chi connectivity index (χ0n) is 11.2. The topological polar surface area (TPSA) is 15.3 Å². The molecule has 0 saturated heterocycles. The molecule has 1 N–H and O–H groups in total. The van der Waals surface area contributed by atoms with Gasteiger partial charge in [-0.15, -0.1) is 0 Å². The summed E-state index contributed by atoms with van der Waals surface area (Å²) in [5.41, 5.74) is 1.35. The lowest BCUT2D eigenvalue weighted by Gasteiger charge is -2.26. The first-order valence-corrected chi connectivity index (χ1v) is 6.96. The van der Waals surface area contributed by atoms with Crippen molar-refractivity contribution in [2.24, 2.45) is 0 Å². The van der Waals surface area contributed by atoms with Crippen molar-refractivity contribution in [2.45, 2.75) is 39.4 Å². The van der Waals surface area contributed by atoms with Crippen LogP contribution in [0.4, 0.5) is 0 Å². The molecular formula is C14H23BrN2. The first-order valence-electron chi connectivity index (χ1n) is 6.17. The van der Waals surface area contributed by atoms with Gasteiger partial charge in [-0.25, -0.2) is 0 Å². The molecule has 0 aliphatic carbocycles. The van der Waals surface area contributed by atoms with Gasteiger partial charge < -0.3 is 5.32 Å². The molecule has 0 heterocycles. The second kappa shape index (κ2) is 7.14. The van der Waals surface area contributed by atoms with Gasteiger partial charge in [0.05, 0.1) is 0 Å². The lowest BCUT2D eigenvalue weighted by Crippen LogP contribution is -2.39. The summed E-state index contributed by atoms with van der Waals surface area (Å²) in [6, 6.07) is 9.63. The summed E-state index contributed by atoms with van der Waals surface area (Å²) in [6.07, 6.45) is 0. The molecule has 1 unspecified atom stereocenters. The number of hydrogen-bond acceptors (Lipinski definition) is 2. The molecule has 0 bridgehead atoms. The molecule has 0 aromatic heterocycles. The number of likely N-dealkylation sites (N-methyl/N-ethyl adjacent to an activating group) is 1. The maximum atomic E-state index is 3.47. The Morgan fingerprint density at radius 2 is 1.76 bits per heavy atom. The Bertz CT molecular complexity index is 321. The van der Waals surface area contributed by atoms with Gasteiger partial charge >= 0.3 is 0 Å². The quantitative estimate of drug-likeness (QED) is 0.867. The van der Waals surface area contributed by atoms with Gasteiger partial charge in [-0.05, 0) is 31.7 Å². The van der Waals surface area contributed by atoms with Crippen LogP contribution in [0.1, 0.15) is 26.3 Å². The molecule has 1 rings (SSSR count). The van der Waals surface area contributed by atoms with Crippen LogP contribution >= 0.6 is 15.9 Å². The fourth-order valence-corrected chi connectivity index (χ4v) is 1.86. The smallest absolute Gasteiger partial charge is 0.0234 e.